The molecule has 0 atom stereocenters. The minimum atomic E-state index is 0. The molecule has 0 aromatic rings. The molecule has 9 heavy (non-hydrogen) atoms. The average Bonchev–Trinajstić information content (AvgIpc) is 1.25. The van der Waals surface area contributed by atoms with Gasteiger partial charge in [-0.05, 0) is 0 Å². The van der Waals surface area contributed by atoms with Crippen molar-refractivity contribution in [3.05, 3.63) is 0 Å². The van der Waals surface area contributed by atoms with E-state index in [9.17, 15) is 0 Å². The van der Waals surface area contributed by atoms with Crippen LogP contribution in [0.3, 0.4) is 0 Å². The van der Waals surface area contributed by atoms with Crippen LogP contribution in [0.2, 0.25) is 0 Å². The molecule has 0 radical (unpaired) electrons. The molecule has 0 saturated heterocycles. The maximum absolute atomic E-state index is 4.71. The first-order valence-corrected chi connectivity index (χ1v) is 3.14. The summed E-state index contributed by atoms with van der Waals surface area (Å²) in [4.78, 5) is 0. The van der Waals surface area contributed by atoms with Crippen LogP contribution in [-0.4, -0.2) is 8.64 Å². The molecule has 0 bridgehead atoms. The largest absolute Gasteiger partial charge is 0.385 e. The summed E-state index contributed by atoms with van der Waals surface area (Å²) in [6.45, 7) is 0. The minimum Gasteiger partial charge on any atom is -0.385 e. The van der Waals surface area contributed by atoms with E-state index in [0.717, 1.165) is 0 Å². The Morgan fingerprint density at radius 1 is 1.00 bits per heavy atom. The fraction of sp³-hybridized carbons (Fsp3) is 0. The molecule has 2 nitrogen and oxygen atoms in total. The molecule has 7 heteroatoms. The van der Waals surface area contributed by atoms with Crippen molar-refractivity contribution in [1.82, 2.24) is 0 Å². The molecule has 0 fully saturated rings. The second kappa shape index (κ2) is 11.8. The standard InChI is InChI=1S/2CH3NS2.Zn/c2*2-1(3)4;/h2*(H3,2,3,4);. The van der Waals surface area contributed by atoms with Crippen molar-refractivity contribution in [2.75, 3.05) is 0 Å². The summed E-state index contributed by atoms with van der Waals surface area (Å²) in [7, 11) is 0. The van der Waals surface area contributed by atoms with E-state index in [2.05, 4.69) is 49.7 Å². The quantitative estimate of drug-likeness (QED) is 0.285. The Morgan fingerprint density at radius 2 is 1.00 bits per heavy atom. The van der Waals surface area contributed by atoms with Gasteiger partial charge < -0.3 is 11.5 Å². The predicted molar refractivity (Wildman–Crippen MR) is 51.5 cm³/mol. The molecule has 0 spiro atoms. The number of rotatable bonds is 0. The van der Waals surface area contributed by atoms with E-state index in [1.165, 1.54) is 0 Å². The van der Waals surface area contributed by atoms with Crippen LogP contribution in [0.1, 0.15) is 0 Å². The summed E-state index contributed by atoms with van der Waals surface area (Å²) in [6.07, 6.45) is 0. The Labute approximate surface area is 88.7 Å². The smallest absolute Gasteiger partial charge is 0.128 e. The van der Waals surface area contributed by atoms with Crippen molar-refractivity contribution in [2.45, 2.75) is 0 Å². The Balaban J connectivity index is -0.0000000720. The Hall–Kier alpha value is 1.10. The van der Waals surface area contributed by atoms with Crippen LogP contribution in [-0.2, 0) is 19.5 Å². The molecule has 0 saturated carbocycles. The molecule has 0 heterocycles. The normalized spacial score (nSPS) is 5.56. The van der Waals surface area contributed by atoms with Crippen molar-refractivity contribution in [3.8, 4) is 0 Å². The second-order valence-corrected chi connectivity index (χ2v) is 3.12. The summed E-state index contributed by atoms with van der Waals surface area (Å²) in [5, 5.41) is 0. The molecule has 0 aliphatic carbocycles. The number of nitrogens with two attached hydrogens (primary N) is 2. The maximum Gasteiger partial charge on any atom is 0.128 e. The van der Waals surface area contributed by atoms with Gasteiger partial charge >= 0.3 is 0 Å². The Kier molecular flexibility index (Phi) is 21.8. The third kappa shape index (κ3) is 377. The third-order valence-electron chi connectivity index (χ3n) is 0. The zero-order valence-corrected chi connectivity index (χ0v) is 11.0. The molecule has 0 amide bonds. The molecule has 50 valence electrons. The van der Waals surface area contributed by atoms with E-state index < -0.39 is 0 Å². The minimum absolute atomic E-state index is 0. The summed E-state index contributed by atoms with van der Waals surface area (Å²) in [5.41, 5.74) is 9.41. The van der Waals surface area contributed by atoms with Gasteiger partial charge in [0.15, 0.2) is 0 Å². The molecular formula is C2H6N2S4Zn. The first-order valence-electron chi connectivity index (χ1n) is 1.43. The number of hydrogen-bond acceptors (Lipinski definition) is 2. The van der Waals surface area contributed by atoms with E-state index in [1.54, 1.807) is 0 Å². The molecule has 4 N–H and O–H groups in total. The summed E-state index contributed by atoms with van der Waals surface area (Å²) in [5.74, 6) is 0. The van der Waals surface area contributed by atoms with E-state index in [4.69, 9.17) is 11.5 Å². The fourth-order valence-corrected chi connectivity index (χ4v) is 0. The molecule has 0 unspecified atom stereocenters. The van der Waals surface area contributed by atoms with E-state index >= 15 is 0 Å². The van der Waals surface area contributed by atoms with Gasteiger partial charge in [0, 0.05) is 19.5 Å². The zero-order valence-electron chi connectivity index (χ0n) is 4.57. The van der Waals surface area contributed by atoms with Crippen LogP contribution in [0.25, 0.3) is 0 Å². The molecule has 0 aliphatic heterocycles. The van der Waals surface area contributed by atoms with Crippen LogP contribution >= 0.6 is 49.7 Å². The Morgan fingerprint density at radius 3 is 1.00 bits per heavy atom. The van der Waals surface area contributed by atoms with Crippen molar-refractivity contribution < 1.29 is 19.5 Å². The first-order chi connectivity index (χ1) is 3.46. The van der Waals surface area contributed by atoms with Crippen molar-refractivity contribution in [1.29, 1.82) is 0 Å². The van der Waals surface area contributed by atoms with Crippen molar-refractivity contribution >= 4 is 58.3 Å². The van der Waals surface area contributed by atoms with E-state index in [-0.39, 0.29) is 28.1 Å². The summed E-state index contributed by atoms with van der Waals surface area (Å²) < 4.78 is 0.389. The molecule has 0 aromatic heterocycles. The average molecular weight is 252 g/mol. The van der Waals surface area contributed by atoms with Crippen LogP contribution in [0.15, 0.2) is 0 Å². The van der Waals surface area contributed by atoms with Gasteiger partial charge in [0.25, 0.3) is 0 Å². The number of thiol groups is 2. The number of hydrogen-bond donors (Lipinski definition) is 4. The fourth-order valence-electron chi connectivity index (χ4n) is 0. The predicted octanol–water partition coefficient (Wildman–Crippen LogP) is 0.317. The molecule has 0 aromatic carbocycles. The summed E-state index contributed by atoms with van der Waals surface area (Å²) in [6, 6.07) is 0. The number of thiocarbonyl (C=S) groups is 2. The van der Waals surface area contributed by atoms with Crippen LogP contribution < -0.4 is 11.5 Å². The van der Waals surface area contributed by atoms with E-state index in [1.807, 2.05) is 0 Å². The second-order valence-electron chi connectivity index (χ2n) is 0.676. The van der Waals surface area contributed by atoms with Gasteiger partial charge in [0.05, 0.1) is 0 Å². The topological polar surface area (TPSA) is 52.0 Å². The van der Waals surface area contributed by atoms with Gasteiger partial charge in [-0.1, -0.05) is 24.4 Å². The monoisotopic (exact) mass is 250 g/mol. The van der Waals surface area contributed by atoms with Gasteiger partial charge in [0.1, 0.15) is 8.64 Å². The van der Waals surface area contributed by atoms with Crippen molar-refractivity contribution in [2.24, 2.45) is 11.5 Å². The first kappa shape index (κ1) is 16.6. The van der Waals surface area contributed by atoms with Crippen molar-refractivity contribution in [3.63, 3.8) is 0 Å². The molecule has 0 rings (SSSR count). The molecular weight excluding hydrogens is 246 g/mol. The van der Waals surface area contributed by atoms with Gasteiger partial charge in [-0.15, -0.1) is 25.3 Å². The van der Waals surface area contributed by atoms with Crippen LogP contribution in [0.4, 0.5) is 0 Å². The van der Waals surface area contributed by atoms with Crippen LogP contribution in [0.5, 0.6) is 0 Å². The maximum atomic E-state index is 4.71. The Bertz CT molecular complexity index is 74.6. The third-order valence-corrected chi connectivity index (χ3v) is 0. The van der Waals surface area contributed by atoms with Gasteiger partial charge in [-0.25, -0.2) is 0 Å². The van der Waals surface area contributed by atoms with Gasteiger partial charge in [-0.3, -0.25) is 0 Å². The van der Waals surface area contributed by atoms with E-state index in [0.29, 0.717) is 0 Å². The SMILES string of the molecule is NC(=S)S.NC(=S)S.[Zn]. The molecule has 0 aliphatic rings. The van der Waals surface area contributed by atoms with Gasteiger partial charge in [-0.2, -0.15) is 0 Å². The summed E-state index contributed by atoms with van der Waals surface area (Å²) >= 11 is 15.3. The zero-order chi connectivity index (χ0) is 7.15. The van der Waals surface area contributed by atoms with Crippen LogP contribution in [0, 0.1) is 0 Å². The van der Waals surface area contributed by atoms with Gasteiger partial charge in [0.2, 0.25) is 0 Å².